The molecule has 5 rings (SSSR count). The summed E-state index contributed by atoms with van der Waals surface area (Å²) in [4.78, 5) is 26.6. The number of hydrogen-bond acceptors (Lipinski definition) is 7. The van der Waals surface area contributed by atoms with Gasteiger partial charge in [0.05, 0.1) is 24.2 Å². The van der Waals surface area contributed by atoms with Crippen LogP contribution >= 0.6 is 11.6 Å². The van der Waals surface area contributed by atoms with E-state index in [1.165, 1.54) is 6.33 Å². The van der Waals surface area contributed by atoms with Crippen LogP contribution in [0.5, 0.6) is 0 Å². The third-order valence-electron chi connectivity index (χ3n) is 6.79. The molecule has 2 fully saturated rings. The van der Waals surface area contributed by atoms with Crippen LogP contribution < -0.4 is 10.2 Å². The molecule has 2 aliphatic heterocycles. The lowest BCUT2D eigenvalue weighted by molar-refractivity contribution is 0.0935. The molecule has 2 saturated heterocycles. The highest BCUT2D eigenvalue weighted by molar-refractivity contribution is 6.31. The van der Waals surface area contributed by atoms with Gasteiger partial charge in [0.1, 0.15) is 17.9 Å². The molecule has 4 heterocycles. The van der Waals surface area contributed by atoms with E-state index in [2.05, 4.69) is 31.2 Å². The topological polar surface area (TPSA) is 83.7 Å². The lowest BCUT2D eigenvalue weighted by Gasteiger charge is -2.32. The van der Waals surface area contributed by atoms with Gasteiger partial charge in [-0.05, 0) is 50.4 Å². The Morgan fingerprint density at radius 1 is 1.15 bits per heavy atom. The number of likely N-dealkylation sites (tertiary alicyclic amines) is 1. The Kier molecular flexibility index (Phi) is 6.99. The molecule has 180 valence electrons. The van der Waals surface area contributed by atoms with Crippen LogP contribution in [0.2, 0.25) is 5.02 Å². The number of aromatic nitrogens is 2. The van der Waals surface area contributed by atoms with Crippen LogP contribution in [0, 0.1) is 12.8 Å². The van der Waals surface area contributed by atoms with Gasteiger partial charge in [-0.15, -0.1) is 0 Å². The average Bonchev–Trinajstić information content (AvgIpc) is 3.21. The number of fused-ring (bicyclic) bond motifs is 1. The minimum absolute atomic E-state index is 0.126. The van der Waals surface area contributed by atoms with E-state index < -0.39 is 0 Å². The number of anilines is 1. The lowest BCUT2D eigenvalue weighted by atomic mass is 9.96. The van der Waals surface area contributed by atoms with Gasteiger partial charge >= 0.3 is 0 Å². The quantitative estimate of drug-likeness (QED) is 0.572. The maximum Gasteiger partial charge on any atom is 0.255 e. The molecule has 3 aromatic rings. The fourth-order valence-corrected chi connectivity index (χ4v) is 5.05. The Labute approximate surface area is 204 Å². The number of rotatable bonds is 6. The van der Waals surface area contributed by atoms with Gasteiger partial charge in [0.15, 0.2) is 0 Å². The molecular weight excluding hydrogens is 454 g/mol. The van der Waals surface area contributed by atoms with Gasteiger partial charge in [-0.25, -0.2) is 9.97 Å². The Morgan fingerprint density at radius 2 is 1.91 bits per heavy atom. The number of aryl methyl sites for hydroxylation is 1. The normalized spacial score (nSPS) is 17.9. The zero-order valence-corrected chi connectivity index (χ0v) is 20.2. The van der Waals surface area contributed by atoms with E-state index >= 15 is 0 Å². The minimum atomic E-state index is -0.126. The summed E-state index contributed by atoms with van der Waals surface area (Å²) < 4.78 is 11.3. The molecule has 0 atom stereocenters. The van der Waals surface area contributed by atoms with Crippen molar-refractivity contribution >= 4 is 34.4 Å². The molecule has 0 radical (unpaired) electrons. The van der Waals surface area contributed by atoms with Gasteiger partial charge in [0.25, 0.3) is 5.91 Å². The molecule has 0 unspecified atom stereocenters. The van der Waals surface area contributed by atoms with Gasteiger partial charge in [-0.3, -0.25) is 9.69 Å². The lowest BCUT2D eigenvalue weighted by Crippen LogP contribution is -2.38. The van der Waals surface area contributed by atoms with Gasteiger partial charge in [-0.2, -0.15) is 0 Å². The molecule has 8 nitrogen and oxygen atoms in total. The summed E-state index contributed by atoms with van der Waals surface area (Å²) in [5.74, 6) is 1.62. The highest BCUT2D eigenvalue weighted by Crippen LogP contribution is 2.31. The van der Waals surface area contributed by atoms with Crippen LogP contribution in [0.25, 0.3) is 11.1 Å². The standard InChI is InChI=1S/C25H30ClN5O3/c1-17-21(22-23(28-16-29-25(22)34-17)31-10-12-33-13-11-31)24(32)27-14-18-6-8-30(9-7-18)15-19-4-2-3-5-20(19)26/h2-5,16,18H,6-15H2,1H3,(H,27,32). The third kappa shape index (κ3) is 4.89. The molecular formula is C25H30ClN5O3. The van der Waals surface area contributed by atoms with Crippen molar-refractivity contribution in [2.24, 2.45) is 5.92 Å². The van der Waals surface area contributed by atoms with E-state index in [4.69, 9.17) is 20.8 Å². The number of furan rings is 1. The summed E-state index contributed by atoms with van der Waals surface area (Å²) in [6.45, 7) is 8.04. The van der Waals surface area contributed by atoms with Crippen molar-refractivity contribution in [1.82, 2.24) is 20.2 Å². The number of morpholine rings is 1. The zero-order chi connectivity index (χ0) is 23.5. The fourth-order valence-electron chi connectivity index (χ4n) is 4.86. The largest absolute Gasteiger partial charge is 0.442 e. The average molecular weight is 484 g/mol. The molecule has 0 saturated carbocycles. The van der Waals surface area contributed by atoms with Gasteiger partial charge in [0, 0.05) is 31.2 Å². The van der Waals surface area contributed by atoms with Crippen LogP contribution in [-0.4, -0.2) is 66.7 Å². The van der Waals surface area contributed by atoms with Crippen LogP contribution in [0.4, 0.5) is 5.82 Å². The molecule has 1 aromatic carbocycles. The van der Waals surface area contributed by atoms with E-state index in [-0.39, 0.29) is 5.91 Å². The first-order valence-corrected chi connectivity index (χ1v) is 12.3. The molecule has 2 aliphatic rings. The van der Waals surface area contributed by atoms with Crippen molar-refractivity contribution in [3.05, 3.63) is 52.5 Å². The number of piperidine rings is 1. The maximum atomic E-state index is 13.3. The van der Waals surface area contributed by atoms with Gasteiger partial charge < -0.3 is 19.4 Å². The number of carbonyl (C=O) groups is 1. The first kappa shape index (κ1) is 23.1. The smallest absolute Gasteiger partial charge is 0.255 e. The minimum Gasteiger partial charge on any atom is -0.442 e. The number of amides is 1. The summed E-state index contributed by atoms with van der Waals surface area (Å²) in [6.07, 6.45) is 3.57. The molecule has 0 spiro atoms. The molecule has 0 aliphatic carbocycles. The van der Waals surface area contributed by atoms with Crippen molar-refractivity contribution in [3.63, 3.8) is 0 Å². The highest BCUT2D eigenvalue weighted by atomic mass is 35.5. The number of carbonyl (C=O) groups excluding carboxylic acids is 1. The molecule has 1 amide bonds. The van der Waals surface area contributed by atoms with Crippen molar-refractivity contribution < 1.29 is 13.9 Å². The number of ether oxygens (including phenoxy) is 1. The Bertz CT molecular complexity index is 1150. The first-order chi connectivity index (χ1) is 16.6. The first-order valence-electron chi connectivity index (χ1n) is 11.9. The van der Waals surface area contributed by atoms with Crippen LogP contribution in [0.15, 0.2) is 35.0 Å². The molecule has 9 heteroatoms. The summed E-state index contributed by atoms with van der Waals surface area (Å²) in [5.41, 5.74) is 2.15. The highest BCUT2D eigenvalue weighted by Gasteiger charge is 2.27. The van der Waals surface area contributed by atoms with Crippen LogP contribution in [0.3, 0.4) is 0 Å². The monoisotopic (exact) mass is 483 g/mol. The molecule has 2 aromatic heterocycles. The molecule has 34 heavy (non-hydrogen) atoms. The van der Waals surface area contributed by atoms with Crippen molar-refractivity contribution in [2.45, 2.75) is 26.3 Å². The van der Waals surface area contributed by atoms with Crippen molar-refractivity contribution in [3.8, 4) is 0 Å². The van der Waals surface area contributed by atoms with E-state index in [9.17, 15) is 4.79 Å². The maximum absolute atomic E-state index is 13.3. The van der Waals surface area contributed by atoms with Crippen molar-refractivity contribution in [2.75, 3.05) is 50.8 Å². The van der Waals surface area contributed by atoms with Gasteiger partial charge in [0.2, 0.25) is 5.71 Å². The zero-order valence-electron chi connectivity index (χ0n) is 19.4. The fraction of sp³-hybridized carbons (Fsp3) is 0.480. The number of benzene rings is 1. The van der Waals surface area contributed by atoms with E-state index in [0.29, 0.717) is 48.1 Å². The van der Waals surface area contributed by atoms with Crippen LogP contribution in [0.1, 0.15) is 34.5 Å². The van der Waals surface area contributed by atoms with Crippen LogP contribution in [-0.2, 0) is 11.3 Å². The van der Waals surface area contributed by atoms with E-state index in [1.807, 2.05) is 25.1 Å². The Morgan fingerprint density at radius 3 is 2.68 bits per heavy atom. The summed E-state index contributed by atoms with van der Waals surface area (Å²) in [6, 6.07) is 8.01. The predicted molar refractivity (Wildman–Crippen MR) is 131 cm³/mol. The SMILES string of the molecule is Cc1oc2ncnc(N3CCOCC3)c2c1C(=O)NCC1CCN(Cc2ccccc2Cl)CC1. The van der Waals surface area contributed by atoms with Gasteiger partial charge in [-0.1, -0.05) is 29.8 Å². The third-order valence-corrected chi connectivity index (χ3v) is 7.16. The molecule has 1 N–H and O–H groups in total. The number of hydrogen-bond donors (Lipinski definition) is 1. The molecule has 0 bridgehead atoms. The summed E-state index contributed by atoms with van der Waals surface area (Å²) >= 11 is 6.32. The van der Waals surface area contributed by atoms with E-state index in [1.54, 1.807) is 0 Å². The summed E-state index contributed by atoms with van der Waals surface area (Å²) in [7, 11) is 0. The van der Waals surface area contributed by atoms with Crippen molar-refractivity contribution in [1.29, 1.82) is 0 Å². The van der Waals surface area contributed by atoms with E-state index in [0.717, 1.165) is 62.0 Å². The second-order valence-electron chi connectivity index (χ2n) is 9.03. The number of halogens is 1. The summed E-state index contributed by atoms with van der Waals surface area (Å²) in [5, 5.41) is 4.66. The Balaban J connectivity index is 1.22. The number of nitrogens with one attached hydrogen (secondary N) is 1. The second-order valence-corrected chi connectivity index (χ2v) is 9.44. The predicted octanol–water partition coefficient (Wildman–Crippen LogP) is 3.66. The second kappa shape index (κ2) is 10.3. The number of nitrogens with zero attached hydrogens (tertiary/aromatic N) is 4. The Hall–Kier alpha value is -2.68.